The van der Waals surface area contributed by atoms with Gasteiger partial charge in [0.25, 0.3) is 0 Å². The number of benzene rings is 10. The fourth-order valence-electron chi connectivity index (χ4n) is 9.90. The normalized spacial score (nSPS) is 12.7. The van der Waals surface area contributed by atoms with Gasteiger partial charge in [-0.3, -0.25) is 0 Å². The molecule has 286 valence electrons. The highest BCUT2D eigenvalue weighted by Crippen LogP contribution is 2.57. The van der Waals surface area contributed by atoms with Crippen molar-refractivity contribution < 1.29 is 4.42 Å². The molecule has 1 aromatic heterocycles. The molecule has 2 nitrogen and oxygen atoms in total. The van der Waals surface area contributed by atoms with E-state index in [1.54, 1.807) is 0 Å². The van der Waals surface area contributed by atoms with E-state index >= 15 is 0 Å². The summed E-state index contributed by atoms with van der Waals surface area (Å²) in [5, 5.41) is 4.72. The highest BCUT2D eigenvalue weighted by Gasteiger charge is 2.46. The molecule has 0 unspecified atom stereocenters. The quantitative estimate of drug-likeness (QED) is 0.160. The fraction of sp³-hybridized carbons (Fsp3) is 0.0169. The second-order valence-electron chi connectivity index (χ2n) is 16.1. The predicted molar refractivity (Wildman–Crippen MR) is 254 cm³/mol. The second-order valence-corrected chi connectivity index (χ2v) is 16.1. The Morgan fingerprint density at radius 2 is 0.836 bits per heavy atom. The maximum absolute atomic E-state index is 6.21. The second kappa shape index (κ2) is 14.1. The summed E-state index contributed by atoms with van der Waals surface area (Å²) in [6, 6.07) is 86.2. The smallest absolute Gasteiger partial charge is 0.136 e. The monoisotopic (exact) mass is 777 g/mol. The summed E-state index contributed by atoms with van der Waals surface area (Å²) in [6.45, 7) is 0. The molecule has 0 bridgehead atoms. The van der Waals surface area contributed by atoms with Crippen LogP contribution in [0.2, 0.25) is 0 Å². The van der Waals surface area contributed by atoms with Crippen molar-refractivity contribution in [3.05, 3.63) is 259 Å². The van der Waals surface area contributed by atoms with Gasteiger partial charge in [-0.15, -0.1) is 0 Å². The van der Waals surface area contributed by atoms with Crippen molar-refractivity contribution in [2.45, 2.75) is 5.41 Å². The molecule has 61 heavy (non-hydrogen) atoms. The number of furan rings is 1. The van der Waals surface area contributed by atoms with Crippen molar-refractivity contribution in [3.63, 3.8) is 0 Å². The van der Waals surface area contributed by atoms with E-state index in [0.29, 0.717) is 0 Å². The molecule has 0 spiro atoms. The number of rotatable bonds is 7. The molecule has 12 rings (SSSR count). The van der Waals surface area contributed by atoms with Crippen LogP contribution in [0.1, 0.15) is 22.3 Å². The SMILES string of the molecule is c1ccc(C2(c3ccccc3)c3ccccc3-c3ccc(N(c4ccc(-c5ccc(-c6ccc7c(c6)oc6ccccc67)cc5)cc4)c4ccc5ccccc5c4)cc32)cc1. The van der Waals surface area contributed by atoms with Crippen molar-refractivity contribution in [3.8, 4) is 33.4 Å². The average molecular weight is 778 g/mol. The topological polar surface area (TPSA) is 16.4 Å². The van der Waals surface area contributed by atoms with Gasteiger partial charge < -0.3 is 9.32 Å². The van der Waals surface area contributed by atoms with E-state index in [9.17, 15) is 0 Å². The summed E-state index contributed by atoms with van der Waals surface area (Å²) >= 11 is 0. The number of nitrogens with zero attached hydrogens (tertiary/aromatic N) is 1. The zero-order valence-electron chi connectivity index (χ0n) is 33.4. The maximum Gasteiger partial charge on any atom is 0.136 e. The van der Waals surface area contributed by atoms with Crippen LogP contribution >= 0.6 is 0 Å². The minimum Gasteiger partial charge on any atom is -0.456 e. The third kappa shape index (κ3) is 5.64. The molecule has 11 aromatic rings. The number of hydrogen-bond donors (Lipinski definition) is 0. The average Bonchev–Trinajstić information content (AvgIpc) is 3.86. The van der Waals surface area contributed by atoms with Crippen LogP contribution in [0.5, 0.6) is 0 Å². The molecule has 1 aliphatic carbocycles. The van der Waals surface area contributed by atoms with Gasteiger partial charge in [0.1, 0.15) is 11.2 Å². The van der Waals surface area contributed by atoms with E-state index in [4.69, 9.17) is 4.42 Å². The molecule has 0 radical (unpaired) electrons. The van der Waals surface area contributed by atoms with Gasteiger partial charge >= 0.3 is 0 Å². The summed E-state index contributed by atoms with van der Waals surface area (Å²) in [6.07, 6.45) is 0. The third-order valence-corrected chi connectivity index (χ3v) is 12.7. The number of para-hydroxylation sites is 1. The summed E-state index contributed by atoms with van der Waals surface area (Å²) in [4.78, 5) is 2.41. The number of hydrogen-bond acceptors (Lipinski definition) is 2. The van der Waals surface area contributed by atoms with E-state index < -0.39 is 5.41 Å². The lowest BCUT2D eigenvalue weighted by atomic mass is 9.67. The van der Waals surface area contributed by atoms with Gasteiger partial charge in [-0.05, 0) is 121 Å². The first-order valence-electron chi connectivity index (χ1n) is 21.0. The molecule has 1 aliphatic rings. The van der Waals surface area contributed by atoms with Crippen LogP contribution in [0.15, 0.2) is 241 Å². The molecule has 1 heterocycles. The van der Waals surface area contributed by atoms with Gasteiger partial charge in [-0.1, -0.05) is 182 Å². The van der Waals surface area contributed by atoms with Gasteiger partial charge in [0.05, 0.1) is 5.41 Å². The van der Waals surface area contributed by atoms with Gasteiger partial charge in [0, 0.05) is 27.8 Å². The van der Waals surface area contributed by atoms with Gasteiger partial charge in [0.15, 0.2) is 0 Å². The van der Waals surface area contributed by atoms with Gasteiger partial charge in [-0.25, -0.2) is 0 Å². The Bertz CT molecular complexity index is 3360. The van der Waals surface area contributed by atoms with Gasteiger partial charge in [-0.2, -0.15) is 0 Å². The molecule has 0 amide bonds. The van der Waals surface area contributed by atoms with Crippen LogP contribution in [0.25, 0.3) is 66.1 Å². The zero-order valence-corrected chi connectivity index (χ0v) is 33.4. The van der Waals surface area contributed by atoms with E-state index in [-0.39, 0.29) is 0 Å². The summed E-state index contributed by atoms with van der Waals surface area (Å²) in [5.41, 5.74) is 16.9. The van der Waals surface area contributed by atoms with Crippen LogP contribution < -0.4 is 4.90 Å². The molecule has 0 saturated heterocycles. The van der Waals surface area contributed by atoms with Crippen molar-refractivity contribution in [1.82, 2.24) is 0 Å². The molecule has 2 heteroatoms. The standard InChI is InChI=1S/C59H39NO/c1-3-15-46(16-4-1)59(47-17-5-2-6-18-47)55-21-11-9-19-51(55)52-36-34-50(39-56(52)59)60(49-33-29-40-13-7-8-14-44(40)37-49)48-31-27-42(28-32-48)41-23-25-43(26-24-41)45-30-35-54-53-20-10-12-22-57(53)61-58(54)38-45/h1-39H. The predicted octanol–water partition coefficient (Wildman–Crippen LogP) is 15.9. The molecule has 10 aromatic carbocycles. The van der Waals surface area contributed by atoms with Gasteiger partial charge in [0.2, 0.25) is 0 Å². The zero-order chi connectivity index (χ0) is 40.3. The first-order chi connectivity index (χ1) is 30.2. The Kier molecular flexibility index (Phi) is 8.11. The van der Waals surface area contributed by atoms with E-state index in [1.165, 1.54) is 49.7 Å². The first kappa shape index (κ1) is 35.0. The Balaban J connectivity index is 0.965. The summed E-state index contributed by atoms with van der Waals surface area (Å²) in [7, 11) is 0. The van der Waals surface area contributed by atoms with Crippen LogP contribution in [-0.2, 0) is 5.41 Å². The lowest BCUT2D eigenvalue weighted by Gasteiger charge is -2.35. The van der Waals surface area contributed by atoms with Crippen LogP contribution in [-0.4, -0.2) is 0 Å². The summed E-state index contributed by atoms with van der Waals surface area (Å²) in [5.74, 6) is 0. The minimum atomic E-state index is -0.493. The summed E-state index contributed by atoms with van der Waals surface area (Å²) < 4.78 is 6.21. The maximum atomic E-state index is 6.21. The van der Waals surface area contributed by atoms with E-state index in [2.05, 4.69) is 229 Å². The number of fused-ring (bicyclic) bond motifs is 7. The Morgan fingerprint density at radius 3 is 1.59 bits per heavy atom. The van der Waals surface area contributed by atoms with Crippen molar-refractivity contribution in [2.24, 2.45) is 0 Å². The minimum absolute atomic E-state index is 0.493. The molecular formula is C59H39NO. The molecular weight excluding hydrogens is 739 g/mol. The largest absolute Gasteiger partial charge is 0.456 e. The molecule has 0 N–H and O–H groups in total. The number of anilines is 3. The molecule has 0 aliphatic heterocycles. The fourth-order valence-corrected chi connectivity index (χ4v) is 9.90. The Labute approximate surface area is 355 Å². The highest BCUT2D eigenvalue weighted by molar-refractivity contribution is 6.06. The Morgan fingerprint density at radius 1 is 0.311 bits per heavy atom. The van der Waals surface area contributed by atoms with Crippen molar-refractivity contribution in [2.75, 3.05) is 4.90 Å². The molecule has 0 fully saturated rings. The highest BCUT2D eigenvalue weighted by atomic mass is 16.3. The lowest BCUT2D eigenvalue weighted by molar-refractivity contribution is 0.669. The van der Waals surface area contributed by atoms with Crippen LogP contribution in [0.3, 0.4) is 0 Å². The van der Waals surface area contributed by atoms with Crippen LogP contribution in [0.4, 0.5) is 17.1 Å². The lowest BCUT2D eigenvalue weighted by Crippen LogP contribution is -2.28. The van der Waals surface area contributed by atoms with E-state index in [1.807, 2.05) is 12.1 Å². The van der Waals surface area contributed by atoms with Crippen molar-refractivity contribution >= 4 is 49.8 Å². The molecule has 0 atom stereocenters. The first-order valence-corrected chi connectivity index (χ1v) is 21.0. The molecule has 0 saturated carbocycles. The Hall–Kier alpha value is -7.94. The van der Waals surface area contributed by atoms with Crippen molar-refractivity contribution in [1.29, 1.82) is 0 Å². The van der Waals surface area contributed by atoms with E-state index in [0.717, 1.165) is 55.7 Å². The third-order valence-electron chi connectivity index (χ3n) is 12.7. The van der Waals surface area contributed by atoms with Crippen LogP contribution in [0, 0.1) is 0 Å².